The van der Waals surface area contributed by atoms with Gasteiger partial charge in [-0.2, -0.15) is 5.26 Å². The third kappa shape index (κ3) is 3.01. The van der Waals surface area contributed by atoms with E-state index in [0.717, 1.165) is 42.6 Å². The Morgan fingerprint density at radius 1 is 1.33 bits per heavy atom. The molecule has 0 unspecified atom stereocenters. The summed E-state index contributed by atoms with van der Waals surface area (Å²) in [5, 5.41) is 14.1. The van der Waals surface area contributed by atoms with Gasteiger partial charge in [0.1, 0.15) is 5.15 Å². The molecule has 1 fully saturated rings. The Balaban J connectivity index is 2.01. The van der Waals surface area contributed by atoms with Crippen molar-refractivity contribution in [1.82, 2.24) is 15.2 Å². The van der Waals surface area contributed by atoms with Gasteiger partial charge in [0.2, 0.25) is 0 Å². The molecule has 0 saturated carbocycles. The molecule has 0 radical (unpaired) electrons. The van der Waals surface area contributed by atoms with E-state index < -0.39 is 0 Å². The molecule has 0 aliphatic carbocycles. The Hall–Kier alpha value is -1.67. The number of aromatic nitrogens is 1. The molecule has 1 aliphatic heterocycles. The number of hydrogen-bond donors (Lipinski definition) is 1. The Bertz CT molecular complexity index is 674. The molecule has 0 bridgehead atoms. The van der Waals surface area contributed by atoms with Gasteiger partial charge in [0.05, 0.1) is 24.0 Å². The maximum absolute atomic E-state index is 9.18. The maximum Gasteiger partial charge on any atom is 0.134 e. The number of para-hydroxylation sites is 1. The van der Waals surface area contributed by atoms with Crippen LogP contribution in [0.15, 0.2) is 30.3 Å². The average molecular weight is 301 g/mol. The lowest BCUT2D eigenvalue weighted by Crippen LogP contribution is -2.45. The second-order valence-electron chi connectivity index (χ2n) is 5.23. The summed E-state index contributed by atoms with van der Waals surface area (Å²) in [4.78, 5) is 6.80. The van der Waals surface area contributed by atoms with E-state index >= 15 is 0 Å². The molecule has 4 nitrogen and oxygen atoms in total. The number of nitrogens with one attached hydrogen (secondary N) is 1. The molecule has 2 aromatic rings. The molecule has 1 aromatic heterocycles. The van der Waals surface area contributed by atoms with Gasteiger partial charge in [0, 0.05) is 37.1 Å². The van der Waals surface area contributed by atoms with Crippen LogP contribution in [0, 0.1) is 11.3 Å². The fraction of sp³-hybridized carbons (Fsp3) is 0.375. The number of fused-ring (bicyclic) bond motifs is 1. The van der Waals surface area contributed by atoms with Crippen LogP contribution in [0.25, 0.3) is 10.9 Å². The summed E-state index contributed by atoms with van der Waals surface area (Å²) in [6.07, 6.45) is 0.430. The van der Waals surface area contributed by atoms with Gasteiger partial charge in [-0.25, -0.2) is 4.98 Å². The molecule has 1 saturated heterocycles. The number of benzene rings is 1. The Kier molecular flexibility index (Phi) is 4.35. The van der Waals surface area contributed by atoms with Gasteiger partial charge in [-0.15, -0.1) is 0 Å². The second-order valence-corrected chi connectivity index (χ2v) is 5.58. The first-order chi connectivity index (χ1) is 10.3. The largest absolute Gasteiger partial charge is 0.314 e. The predicted octanol–water partition coefficient (Wildman–Crippen LogP) is 2.75. The van der Waals surface area contributed by atoms with Gasteiger partial charge in [0.15, 0.2) is 0 Å². The van der Waals surface area contributed by atoms with Crippen LogP contribution in [0.5, 0.6) is 0 Å². The van der Waals surface area contributed by atoms with Crippen LogP contribution in [0.2, 0.25) is 5.15 Å². The summed E-state index contributed by atoms with van der Waals surface area (Å²) in [6, 6.07) is 12.3. The summed E-state index contributed by atoms with van der Waals surface area (Å²) < 4.78 is 0. The second kappa shape index (κ2) is 6.40. The predicted molar refractivity (Wildman–Crippen MR) is 84.2 cm³/mol. The van der Waals surface area contributed by atoms with E-state index in [2.05, 4.69) is 27.3 Å². The van der Waals surface area contributed by atoms with E-state index in [1.54, 1.807) is 0 Å². The Labute approximate surface area is 129 Å². The van der Waals surface area contributed by atoms with Crippen LogP contribution in [-0.2, 0) is 0 Å². The van der Waals surface area contributed by atoms with Crippen molar-refractivity contribution < 1.29 is 0 Å². The third-order valence-corrected chi connectivity index (χ3v) is 4.24. The molecule has 1 atom stereocenters. The zero-order chi connectivity index (χ0) is 14.7. The zero-order valence-electron chi connectivity index (χ0n) is 11.7. The highest BCUT2D eigenvalue weighted by Crippen LogP contribution is 2.31. The van der Waals surface area contributed by atoms with Crippen LogP contribution in [0.1, 0.15) is 18.0 Å². The van der Waals surface area contributed by atoms with Crippen LogP contribution >= 0.6 is 11.6 Å². The Morgan fingerprint density at radius 2 is 2.10 bits per heavy atom. The van der Waals surface area contributed by atoms with E-state index in [1.165, 1.54) is 0 Å². The van der Waals surface area contributed by atoms with Crippen molar-refractivity contribution in [3.8, 4) is 6.07 Å². The average Bonchev–Trinajstić information content (AvgIpc) is 2.53. The number of nitrogens with zero attached hydrogens (tertiary/aromatic N) is 3. The first kappa shape index (κ1) is 14.3. The lowest BCUT2D eigenvalue weighted by atomic mass is 10.0. The van der Waals surface area contributed by atoms with Crippen molar-refractivity contribution in [2.24, 2.45) is 0 Å². The van der Waals surface area contributed by atoms with E-state index in [0.29, 0.717) is 11.6 Å². The summed E-state index contributed by atoms with van der Waals surface area (Å²) in [6.45, 7) is 3.74. The molecule has 5 heteroatoms. The van der Waals surface area contributed by atoms with E-state index in [4.69, 9.17) is 11.6 Å². The molecule has 3 rings (SSSR count). The smallest absolute Gasteiger partial charge is 0.134 e. The SMILES string of the molecule is N#CC[C@@H](c1cc2ccccc2nc1Cl)N1CCNCC1. The van der Waals surface area contributed by atoms with Crippen LogP contribution in [0.3, 0.4) is 0 Å². The van der Waals surface area contributed by atoms with Gasteiger partial charge in [-0.1, -0.05) is 29.8 Å². The maximum atomic E-state index is 9.18. The van der Waals surface area contributed by atoms with Crippen molar-refractivity contribution in [3.63, 3.8) is 0 Å². The standard InChI is InChI=1S/C16H17ClN4/c17-16-13(11-12-3-1-2-4-14(12)20-16)15(5-6-18)21-9-7-19-8-10-21/h1-4,11,15,19H,5,7-10H2/t15-/m0/s1. The number of halogens is 1. The van der Waals surface area contributed by atoms with Crippen LogP contribution in [0.4, 0.5) is 0 Å². The summed E-state index contributed by atoms with van der Waals surface area (Å²) >= 11 is 6.39. The lowest BCUT2D eigenvalue weighted by Gasteiger charge is -2.34. The van der Waals surface area contributed by atoms with Crippen molar-refractivity contribution in [1.29, 1.82) is 5.26 Å². The van der Waals surface area contributed by atoms with Crippen molar-refractivity contribution >= 4 is 22.5 Å². The quantitative estimate of drug-likeness (QED) is 0.886. The molecule has 1 aromatic carbocycles. The molecule has 0 spiro atoms. The highest BCUT2D eigenvalue weighted by molar-refractivity contribution is 6.30. The van der Waals surface area contributed by atoms with Gasteiger partial charge < -0.3 is 5.32 Å². The van der Waals surface area contributed by atoms with Crippen LogP contribution < -0.4 is 5.32 Å². The topological polar surface area (TPSA) is 52.0 Å². The van der Waals surface area contributed by atoms with E-state index in [-0.39, 0.29) is 6.04 Å². The number of rotatable bonds is 3. The number of nitriles is 1. The molecule has 108 valence electrons. The minimum absolute atomic E-state index is 0.0155. The van der Waals surface area contributed by atoms with E-state index in [1.807, 2.05) is 24.3 Å². The van der Waals surface area contributed by atoms with E-state index in [9.17, 15) is 5.26 Å². The molecule has 1 aliphatic rings. The fourth-order valence-electron chi connectivity index (χ4n) is 2.86. The molecular formula is C16H17ClN4. The van der Waals surface area contributed by atoms with Crippen molar-refractivity contribution in [2.45, 2.75) is 12.5 Å². The molecule has 21 heavy (non-hydrogen) atoms. The Morgan fingerprint density at radius 3 is 2.86 bits per heavy atom. The molecule has 2 heterocycles. The molecule has 0 amide bonds. The minimum Gasteiger partial charge on any atom is -0.314 e. The third-order valence-electron chi connectivity index (χ3n) is 3.94. The number of pyridine rings is 1. The highest BCUT2D eigenvalue weighted by Gasteiger charge is 2.24. The summed E-state index contributed by atoms with van der Waals surface area (Å²) in [7, 11) is 0. The number of hydrogen-bond acceptors (Lipinski definition) is 4. The summed E-state index contributed by atoms with van der Waals surface area (Å²) in [5.74, 6) is 0. The van der Waals surface area contributed by atoms with Crippen molar-refractivity contribution in [3.05, 3.63) is 41.0 Å². The zero-order valence-corrected chi connectivity index (χ0v) is 12.5. The lowest BCUT2D eigenvalue weighted by molar-refractivity contribution is 0.175. The van der Waals surface area contributed by atoms with Crippen LogP contribution in [-0.4, -0.2) is 36.1 Å². The number of piperazine rings is 1. The van der Waals surface area contributed by atoms with Gasteiger partial charge in [-0.05, 0) is 12.1 Å². The normalized spacial score (nSPS) is 17.5. The van der Waals surface area contributed by atoms with Gasteiger partial charge in [0.25, 0.3) is 0 Å². The van der Waals surface area contributed by atoms with Gasteiger partial charge >= 0.3 is 0 Å². The fourth-order valence-corrected chi connectivity index (χ4v) is 3.13. The first-order valence-electron chi connectivity index (χ1n) is 7.16. The molecule has 1 N–H and O–H groups in total. The first-order valence-corrected chi connectivity index (χ1v) is 7.54. The summed E-state index contributed by atoms with van der Waals surface area (Å²) in [5.41, 5.74) is 1.85. The van der Waals surface area contributed by atoms with Gasteiger partial charge in [-0.3, -0.25) is 4.90 Å². The minimum atomic E-state index is 0.0155. The van der Waals surface area contributed by atoms with Crippen molar-refractivity contribution in [2.75, 3.05) is 26.2 Å². The molecular weight excluding hydrogens is 284 g/mol. The monoisotopic (exact) mass is 300 g/mol. The highest BCUT2D eigenvalue weighted by atomic mass is 35.5.